The van der Waals surface area contributed by atoms with Gasteiger partial charge in [-0.05, 0) is 192 Å². The van der Waals surface area contributed by atoms with Gasteiger partial charge >= 0.3 is 71.9 Å². The Balaban J connectivity index is 0.000000338. The Morgan fingerprint density at radius 3 is 1.02 bits per heavy atom. The fourth-order valence-corrected chi connectivity index (χ4v) is 12.3. The van der Waals surface area contributed by atoms with Crippen molar-refractivity contribution in [2.24, 2.45) is 5.73 Å². The number of rotatable bonds is 18. The largest absolute Gasteiger partial charge is 0.500 e. The number of para-hydroxylation sites is 3. The van der Waals surface area contributed by atoms with Gasteiger partial charge in [-0.15, -0.1) is 0 Å². The SMILES string of the molecule is CCOC(=O)c1c[nH]c2cc(C(F)(F)F)c(Cl)cc2c1=O.CCOC(=O)c1cnc2cc(C(F)(F)F)c(Cl)cc2c1Cl.CCOC(=O)c1cnc2cc(C(F)(F)F)c(Cl)cc2c1Nc1ccccc1.CCOC(=O)c1cnc2cc(C(F)(F)F)c(Cl)cc2c1Nc1ccccc1.CCOC=C(C(=O)OCC)C(=O)OCC.CN.Nc1ccc(Cl)c(C(F)(F)F)c1.Nc1ccccc1.O=P(Cl)(Cl)Cl. The van der Waals surface area contributed by atoms with E-state index in [1.807, 2.05) is 42.5 Å². The Morgan fingerprint density at radius 2 is 0.693 bits per heavy atom. The van der Waals surface area contributed by atoms with E-state index in [0.29, 0.717) is 18.0 Å². The molecule has 12 rings (SSSR count). The number of hydrogen-bond acceptors (Lipinski definition) is 23. The predicted octanol–water partition coefficient (Wildman–Crippen LogP) is 27.4. The summed E-state index contributed by atoms with van der Waals surface area (Å²) in [6.45, 7) is 12.8. The lowest BCUT2D eigenvalue weighted by Gasteiger charge is -2.16. The van der Waals surface area contributed by atoms with E-state index in [2.05, 4.69) is 79.5 Å². The number of fused-ring (bicyclic) bond motifs is 4. The molecule has 0 aliphatic rings. The summed E-state index contributed by atoms with van der Waals surface area (Å²) in [7, 11) is 1.50. The van der Waals surface area contributed by atoms with Crippen molar-refractivity contribution in [3.63, 3.8) is 0 Å². The number of hydrogen-bond donors (Lipinski definition) is 6. The standard InChI is InChI=1S/2C19H14ClF3N2O2.C13H8Cl2F3NO2.C13H9ClF3NO3.C10H16O5.C7H5ClF3N.C6H7N.CH5N.Cl3OP/c2*1-2-27-18(26)13-10-24-16-9-14(19(21,22)23)15(20)8-12(16)17(13)25-11-6-4-3-5-7-11;1-2-21-12(20)7-5-19-10-4-8(13(16,17)18)9(14)3-6(10)11(7)15;1-2-21-12(20)7-5-18-10-4-8(13(15,16)17)9(14)3-6(10)11(7)19;1-4-13-7-8(9(11)14-5-2)10(12)15-6-3;8-6-2-1-4(12)3-5(6)7(9,10)11;7-6-4-2-1-3-5-6;1-2;1-5(2,3)4/h2*3-10H,2H2,1H3,(H,24,25);3-5H,2H2,1H3;3-5H,2H2,1H3,(H,18,19);7H,4-6H2,1-3H3;1-3H,12H2;1-5H,7H2;2H2,1H3;. The molecule has 0 aliphatic carbocycles. The van der Waals surface area contributed by atoms with Crippen LogP contribution in [0.25, 0.3) is 43.6 Å². The van der Waals surface area contributed by atoms with Crippen molar-refractivity contribution in [1.82, 2.24) is 19.9 Å². The Labute approximate surface area is 814 Å². The fourth-order valence-electron chi connectivity index (χ4n) is 10.7. The lowest BCUT2D eigenvalue weighted by atomic mass is 10.1. The molecule has 0 radical (unpaired) electrons. The van der Waals surface area contributed by atoms with E-state index in [0.717, 1.165) is 85.0 Å². The molecule has 4 aromatic heterocycles. The number of aromatic nitrogens is 4. The lowest BCUT2D eigenvalue weighted by Crippen LogP contribution is -2.18. The van der Waals surface area contributed by atoms with Gasteiger partial charge in [-0.25, -0.2) is 28.8 Å². The Bertz CT molecular complexity index is 6110. The van der Waals surface area contributed by atoms with E-state index < -0.39 is 125 Å². The van der Waals surface area contributed by atoms with E-state index in [9.17, 15) is 104 Å². The maximum atomic E-state index is 13.1. The molecule has 0 bridgehead atoms. The second kappa shape index (κ2) is 54.6. The summed E-state index contributed by atoms with van der Waals surface area (Å²) in [6, 6.07) is 38.0. The van der Waals surface area contributed by atoms with Gasteiger partial charge in [-0.3, -0.25) is 24.3 Å². The molecule has 0 amide bonds. The van der Waals surface area contributed by atoms with Crippen LogP contribution < -0.4 is 33.3 Å². The zero-order valence-corrected chi connectivity index (χ0v) is 79.8. The first-order valence-corrected chi connectivity index (χ1v) is 45.6. The van der Waals surface area contributed by atoms with Gasteiger partial charge in [0.1, 0.15) is 23.0 Å². The smallest absolute Gasteiger partial charge is 0.417 e. The summed E-state index contributed by atoms with van der Waals surface area (Å²) < 4.78 is 235. The van der Waals surface area contributed by atoms with Gasteiger partial charge in [0.25, 0.3) is 0 Å². The summed E-state index contributed by atoms with van der Waals surface area (Å²) in [5, 5.41) is 1.03. The minimum absolute atomic E-state index is 0.00947. The zero-order chi connectivity index (χ0) is 103. The van der Waals surface area contributed by atoms with Crippen LogP contribution in [-0.2, 0) is 78.2 Å². The number of nitrogens with one attached hydrogen (secondary N) is 3. The highest BCUT2D eigenvalue weighted by molar-refractivity contribution is 8.24. The molecular formula is C88H78Cl9F15N9O15P. The van der Waals surface area contributed by atoms with E-state index in [-0.39, 0.29) is 138 Å². The van der Waals surface area contributed by atoms with Crippen molar-refractivity contribution in [3.05, 3.63) is 285 Å². The summed E-state index contributed by atoms with van der Waals surface area (Å²) in [5.41, 5.74) is 11.8. The summed E-state index contributed by atoms with van der Waals surface area (Å²) in [4.78, 5) is 96.8. The van der Waals surface area contributed by atoms with Crippen LogP contribution in [0.2, 0.25) is 30.1 Å². The third-order valence-corrected chi connectivity index (χ3v) is 18.5. The number of carbonyl (C=O) groups is 6. The molecule has 24 nitrogen and oxygen atoms in total. The van der Waals surface area contributed by atoms with Crippen molar-refractivity contribution in [2.45, 2.75) is 79.3 Å². The molecule has 0 fully saturated rings. The average molecular weight is 2140 g/mol. The number of aromatic amines is 1. The number of alkyl halides is 15. The lowest BCUT2D eigenvalue weighted by molar-refractivity contribution is -0.147. The number of nitrogens with zero attached hydrogens (tertiary/aromatic N) is 3. The van der Waals surface area contributed by atoms with Crippen molar-refractivity contribution < 1.29 is 132 Å². The van der Waals surface area contributed by atoms with Crippen LogP contribution in [0.15, 0.2) is 199 Å². The average Bonchev–Trinajstić information content (AvgIpc) is 0.794. The number of H-pyrrole nitrogens is 1. The topological polar surface area (TPSA) is 358 Å². The van der Waals surface area contributed by atoms with Gasteiger partial charge in [0.2, 0.25) is 5.43 Å². The van der Waals surface area contributed by atoms with Crippen molar-refractivity contribution >= 4 is 222 Å². The molecule has 0 saturated carbocycles. The van der Waals surface area contributed by atoms with Crippen LogP contribution in [0.1, 0.15) is 118 Å². The predicted molar refractivity (Wildman–Crippen MR) is 498 cm³/mol. The zero-order valence-electron chi connectivity index (χ0n) is 72.1. The summed E-state index contributed by atoms with van der Waals surface area (Å²) in [6.07, 6.45) is -17.3. The van der Waals surface area contributed by atoms with Crippen LogP contribution in [0.4, 0.5) is 100.0 Å². The minimum atomic E-state index is -4.64. The van der Waals surface area contributed by atoms with Gasteiger partial charge in [-0.2, -0.15) is 65.9 Å². The highest BCUT2D eigenvalue weighted by atomic mass is 36.0. The summed E-state index contributed by atoms with van der Waals surface area (Å²) in [5.74, 6) is -4.29. The molecule has 0 atom stereocenters. The molecule has 49 heteroatoms. The van der Waals surface area contributed by atoms with Crippen molar-refractivity contribution in [3.8, 4) is 0 Å². The van der Waals surface area contributed by atoms with E-state index >= 15 is 0 Å². The van der Waals surface area contributed by atoms with Gasteiger partial charge < -0.3 is 66.0 Å². The number of anilines is 6. The van der Waals surface area contributed by atoms with Crippen molar-refractivity contribution in [2.75, 3.05) is 75.4 Å². The molecule has 137 heavy (non-hydrogen) atoms. The van der Waals surface area contributed by atoms with Gasteiger partial charge in [0.05, 0.1) is 143 Å². The molecule has 4 heterocycles. The number of nitrogen functional groups attached to an aromatic ring is 2. The fraction of sp³-hybridized carbons (Fsp3) is 0.227. The molecule has 9 N–H and O–H groups in total. The Hall–Kier alpha value is -11.5. The second-order valence-corrected chi connectivity index (χ2v) is 34.9. The first-order valence-electron chi connectivity index (χ1n) is 38.9. The van der Waals surface area contributed by atoms with Crippen LogP contribution in [0, 0.1) is 0 Å². The highest BCUT2D eigenvalue weighted by Gasteiger charge is 2.39. The monoisotopic (exact) mass is 2130 g/mol. The normalized spacial score (nSPS) is 11.0. The molecule has 0 spiro atoms. The molecule has 12 aromatic rings. The first kappa shape index (κ1) is 118. The Kier molecular flexibility index (Phi) is 47.0. The van der Waals surface area contributed by atoms with Crippen LogP contribution in [0.5, 0.6) is 0 Å². The molecule has 0 unspecified atom stereocenters. The maximum Gasteiger partial charge on any atom is 0.417 e. The quantitative estimate of drug-likeness (QED) is 0.00535. The van der Waals surface area contributed by atoms with E-state index in [1.165, 1.54) is 25.5 Å². The molecule has 0 saturated heterocycles. The Morgan fingerprint density at radius 1 is 0.387 bits per heavy atom. The van der Waals surface area contributed by atoms with Crippen LogP contribution in [0.3, 0.4) is 0 Å². The first-order chi connectivity index (χ1) is 64.1. The van der Waals surface area contributed by atoms with E-state index in [1.54, 1.807) is 97.0 Å². The molecular weight excluding hydrogens is 2060 g/mol. The molecule has 8 aromatic carbocycles. The number of esters is 6. The van der Waals surface area contributed by atoms with Gasteiger partial charge in [-0.1, -0.05) is 124 Å². The third kappa shape index (κ3) is 36.7. The maximum absolute atomic E-state index is 13.1. The number of halogens is 24. The van der Waals surface area contributed by atoms with Crippen molar-refractivity contribution in [1.29, 1.82) is 0 Å². The highest BCUT2D eigenvalue weighted by Crippen LogP contribution is 2.61. The third-order valence-electron chi connectivity index (χ3n) is 16.5. The molecule has 0 aliphatic heterocycles. The number of benzene rings is 8. The number of ether oxygens (including phenoxy) is 7. The summed E-state index contributed by atoms with van der Waals surface area (Å²) >= 11 is 48.1. The van der Waals surface area contributed by atoms with E-state index in [4.69, 9.17) is 105 Å². The minimum Gasteiger partial charge on any atom is -0.500 e. The van der Waals surface area contributed by atoms with Gasteiger partial charge in [0.15, 0.2) is 5.57 Å². The number of pyridine rings is 4. The number of carbonyl (C=O) groups excluding carboxylic acids is 6. The second-order valence-electron chi connectivity index (χ2n) is 25.9. The molecule has 738 valence electrons. The van der Waals surface area contributed by atoms with Crippen LogP contribution >= 0.6 is 109 Å². The number of nitrogens with two attached hydrogens (primary N) is 3. The van der Waals surface area contributed by atoms with Gasteiger partial charge in [0, 0.05) is 69.1 Å². The van der Waals surface area contributed by atoms with Crippen LogP contribution in [-0.4, -0.2) is 109 Å².